The lowest BCUT2D eigenvalue weighted by Gasteiger charge is -2.31. The highest BCUT2D eigenvalue weighted by Gasteiger charge is 2.30. The van der Waals surface area contributed by atoms with E-state index in [-0.39, 0.29) is 12.4 Å². The number of hydrogen-bond acceptors (Lipinski definition) is 3. The molecule has 0 atom stereocenters. The van der Waals surface area contributed by atoms with E-state index in [1.807, 2.05) is 13.0 Å². The summed E-state index contributed by atoms with van der Waals surface area (Å²) in [6.07, 6.45) is 1.85. The molecule has 0 amide bonds. The lowest BCUT2D eigenvalue weighted by atomic mass is 9.98. The molecule has 0 aliphatic carbocycles. The second-order valence-electron chi connectivity index (χ2n) is 5.54. The summed E-state index contributed by atoms with van der Waals surface area (Å²) in [6.45, 7) is 7.17. The SMILES string of the molecule is CCNCC1CCN(S(=O)(=O)c2cccc(C)c2Br)CC1.Cl. The molecule has 1 aromatic carbocycles. The van der Waals surface area contributed by atoms with Gasteiger partial charge in [0.05, 0.1) is 4.90 Å². The zero-order valence-electron chi connectivity index (χ0n) is 13.0. The topological polar surface area (TPSA) is 49.4 Å². The van der Waals surface area contributed by atoms with Crippen LogP contribution in [0.5, 0.6) is 0 Å². The summed E-state index contributed by atoms with van der Waals surface area (Å²) in [5, 5.41) is 3.34. The third-order valence-electron chi connectivity index (χ3n) is 4.03. The number of benzene rings is 1. The van der Waals surface area contributed by atoms with Crippen LogP contribution >= 0.6 is 28.3 Å². The van der Waals surface area contributed by atoms with Gasteiger partial charge >= 0.3 is 0 Å². The molecule has 0 aromatic heterocycles. The van der Waals surface area contributed by atoms with E-state index in [9.17, 15) is 8.42 Å². The van der Waals surface area contributed by atoms with E-state index in [1.165, 1.54) is 0 Å². The van der Waals surface area contributed by atoms with E-state index in [0.29, 0.717) is 28.4 Å². The van der Waals surface area contributed by atoms with Crippen LogP contribution in [0.2, 0.25) is 0 Å². The lowest BCUT2D eigenvalue weighted by molar-refractivity contribution is 0.268. The lowest BCUT2D eigenvalue weighted by Crippen LogP contribution is -2.40. The molecule has 1 saturated heterocycles. The van der Waals surface area contributed by atoms with E-state index < -0.39 is 10.0 Å². The van der Waals surface area contributed by atoms with Crippen molar-refractivity contribution in [3.05, 3.63) is 28.2 Å². The molecule has 1 aromatic rings. The molecule has 22 heavy (non-hydrogen) atoms. The van der Waals surface area contributed by atoms with Crippen molar-refractivity contribution in [2.24, 2.45) is 5.92 Å². The van der Waals surface area contributed by atoms with Crippen LogP contribution in [0.15, 0.2) is 27.6 Å². The first-order chi connectivity index (χ1) is 9.96. The van der Waals surface area contributed by atoms with Crippen molar-refractivity contribution >= 4 is 38.4 Å². The van der Waals surface area contributed by atoms with E-state index in [4.69, 9.17) is 0 Å². The summed E-state index contributed by atoms with van der Waals surface area (Å²) in [5.74, 6) is 0.581. The molecule has 126 valence electrons. The Hall–Kier alpha value is -0.140. The van der Waals surface area contributed by atoms with E-state index >= 15 is 0 Å². The highest BCUT2D eigenvalue weighted by Crippen LogP contribution is 2.30. The summed E-state index contributed by atoms with van der Waals surface area (Å²) in [6, 6.07) is 5.38. The second-order valence-corrected chi connectivity index (χ2v) is 8.24. The Labute approximate surface area is 148 Å². The molecule has 1 aliphatic rings. The van der Waals surface area contributed by atoms with Crippen LogP contribution in [-0.2, 0) is 10.0 Å². The van der Waals surface area contributed by atoms with E-state index in [1.54, 1.807) is 16.4 Å². The summed E-state index contributed by atoms with van der Waals surface area (Å²) in [7, 11) is -3.39. The van der Waals surface area contributed by atoms with Gasteiger partial charge in [0.2, 0.25) is 10.0 Å². The van der Waals surface area contributed by atoms with Gasteiger partial charge < -0.3 is 5.32 Å². The predicted octanol–water partition coefficient (Wildman–Crippen LogP) is 3.19. The van der Waals surface area contributed by atoms with Crippen LogP contribution in [-0.4, -0.2) is 38.9 Å². The molecule has 1 heterocycles. The van der Waals surface area contributed by atoms with Crippen LogP contribution in [0.3, 0.4) is 0 Å². The Morgan fingerprint density at radius 2 is 1.95 bits per heavy atom. The molecule has 0 saturated carbocycles. The van der Waals surface area contributed by atoms with Crippen molar-refractivity contribution in [3.63, 3.8) is 0 Å². The van der Waals surface area contributed by atoms with Crippen LogP contribution in [0.4, 0.5) is 0 Å². The van der Waals surface area contributed by atoms with Crippen molar-refractivity contribution in [1.82, 2.24) is 9.62 Å². The third kappa shape index (κ3) is 4.45. The van der Waals surface area contributed by atoms with Gasteiger partial charge in [-0.3, -0.25) is 0 Å². The Bertz CT molecular complexity index is 587. The minimum Gasteiger partial charge on any atom is -0.317 e. The van der Waals surface area contributed by atoms with Crippen LogP contribution in [0.25, 0.3) is 0 Å². The van der Waals surface area contributed by atoms with Gasteiger partial charge in [-0.05, 0) is 66.3 Å². The molecular formula is C15H24BrClN2O2S. The summed E-state index contributed by atoms with van der Waals surface area (Å²) in [4.78, 5) is 0.382. The number of aryl methyl sites for hydroxylation is 1. The average Bonchev–Trinajstić information content (AvgIpc) is 2.48. The third-order valence-corrected chi connectivity index (χ3v) is 7.29. The zero-order valence-corrected chi connectivity index (χ0v) is 16.2. The summed E-state index contributed by atoms with van der Waals surface area (Å²) in [5.41, 5.74) is 0.943. The van der Waals surface area contributed by atoms with Gasteiger partial charge in [0.25, 0.3) is 0 Å². The highest BCUT2D eigenvalue weighted by molar-refractivity contribution is 9.10. The largest absolute Gasteiger partial charge is 0.317 e. The molecule has 1 fully saturated rings. The maximum absolute atomic E-state index is 12.8. The second kappa shape index (κ2) is 8.64. The number of nitrogens with one attached hydrogen (secondary N) is 1. The number of nitrogens with zero attached hydrogens (tertiary/aromatic N) is 1. The zero-order chi connectivity index (χ0) is 15.5. The van der Waals surface area contributed by atoms with Crippen molar-refractivity contribution < 1.29 is 8.42 Å². The number of halogens is 2. The number of piperidine rings is 1. The molecule has 0 bridgehead atoms. The minimum atomic E-state index is -3.39. The fourth-order valence-corrected chi connectivity index (χ4v) is 5.15. The molecule has 0 spiro atoms. The number of hydrogen-bond donors (Lipinski definition) is 1. The molecule has 0 radical (unpaired) electrons. The maximum Gasteiger partial charge on any atom is 0.244 e. The molecule has 0 unspecified atom stereocenters. The predicted molar refractivity (Wildman–Crippen MR) is 96.2 cm³/mol. The molecule has 2 rings (SSSR count). The quantitative estimate of drug-likeness (QED) is 0.809. The van der Waals surface area contributed by atoms with E-state index in [2.05, 4.69) is 28.2 Å². The van der Waals surface area contributed by atoms with Crippen molar-refractivity contribution in [2.75, 3.05) is 26.2 Å². The van der Waals surface area contributed by atoms with Gasteiger partial charge in [-0.1, -0.05) is 19.1 Å². The van der Waals surface area contributed by atoms with Gasteiger partial charge in [-0.15, -0.1) is 12.4 Å². The maximum atomic E-state index is 12.8. The van der Waals surface area contributed by atoms with Gasteiger partial charge in [-0.2, -0.15) is 4.31 Å². The first-order valence-electron chi connectivity index (χ1n) is 7.42. The molecule has 7 heteroatoms. The average molecular weight is 412 g/mol. The fraction of sp³-hybridized carbons (Fsp3) is 0.600. The Balaban J connectivity index is 0.00000242. The van der Waals surface area contributed by atoms with Crippen LogP contribution in [0, 0.1) is 12.8 Å². The van der Waals surface area contributed by atoms with Gasteiger partial charge in [-0.25, -0.2) is 8.42 Å². The Morgan fingerprint density at radius 3 is 2.55 bits per heavy atom. The minimum absolute atomic E-state index is 0. The monoisotopic (exact) mass is 410 g/mol. The summed E-state index contributed by atoms with van der Waals surface area (Å²) >= 11 is 3.41. The van der Waals surface area contributed by atoms with E-state index in [0.717, 1.165) is 31.5 Å². The molecule has 1 aliphatic heterocycles. The molecule has 1 N–H and O–H groups in total. The molecular weight excluding hydrogens is 388 g/mol. The molecule has 4 nitrogen and oxygen atoms in total. The van der Waals surface area contributed by atoms with Crippen molar-refractivity contribution in [3.8, 4) is 0 Å². The Kier molecular flexibility index (Phi) is 7.82. The van der Waals surface area contributed by atoms with Crippen molar-refractivity contribution in [2.45, 2.75) is 31.6 Å². The first kappa shape index (κ1) is 19.9. The fourth-order valence-electron chi connectivity index (χ4n) is 2.66. The smallest absolute Gasteiger partial charge is 0.244 e. The number of rotatable bonds is 5. The summed E-state index contributed by atoms with van der Waals surface area (Å²) < 4.78 is 27.8. The van der Waals surface area contributed by atoms with Gasteiger partial charge in [0.15, 0.2) is 0 Å². The standard InChI is InChI=1S/C15H23BrN2O2S.ClH/c1-3-17-11-13-7-9-18(10-8-13)21(19,20)14-6-4-5-12(2)15(14)16;/h4-6,13,17H,3,7-11H2,1-2H3;1H. The van der Waals surface area contributed by atoms with Gasteiger partial charge in [0, 0.05) is 17.6 Å². The van der Waals surface area contributed by atoms with Gasteiger partial charge in [0.1, 0.15) is 0 Å². The normalized spacial score (nSPS) is 17.2. The highest BCUT2D eigenvalue weighted by atomic mass is 79.9. The van der Waals surface area contributed by atoms with Crippen molar-refractivity contribution in [1.29, 1.82) is 0 Å². The van der Waals surface area contributed by atoms with Crippen LogP contribution in [0.1, 0.15) is 25.3 Å². The first-order valence-corrected chi connectivity index (χ1v) is 9.66. The number of sulfonamides is 1. The van der Waals surface area contributed by atoms with Crippen LogP contribution < -0.4 is 5.32 Å². The Morgan fingerprint density at radius 1 is 1.32 bits per heavy atom.